The van der Waals surface area contributed by atoms with Crippen LogP contribution in [0.25, 0.3) is 12.2 Å². The summed E-state index contributed by atoms with van der Waals surface area (Å²) in [7, 11) is 0. The van der Waals surface area contributed by atoms with E-state index in [1.54, 1.807) is 6.08 Å². The van der Waals surface area contributed by atoms with Gasteiger partial charge in [-0.15, -0.1) is 0 Å². The molecule has 1 aromatic heterocycles. The lowest BCUT2D eigenvalue weighted by molar-refractivity contribution is -0.386. The summed E-state index contributed by atoms with van der Waals surface area (Å²) >= 11 is 0. The lowest BCUT2D eigenvalue weighted by Crippen LogP contribution is -2.25. The SMILES string of the molecule is Cc1cc(C)c(C=Cc2[nH]c(=O)[nH]c(=O)c2[N+](=O)[O-])c(C)c1. The Morgan fingerprint density at radius 2 is 1.64 bits per heavy atom. The number of nitrogens with one attached hydrogen (secondary N) is 2. The summed E-state index contributed by atoms with van der Waals surface area (Å²) in [4.78, 5) is 37.1. The number of aryl methyl sites for hydroxylation is 3. The Labute approximate surface area is 125 Å². The highest BCUT2D eigenvalue weighted by Gasteiger charge is 2.18. The summed E-state index contributed by atoms with van der Waals surface area (Å²) in [6.07, 6.45) is 3.03. The van der Waals surface area contributed by atoms with Crippen molar-refractivity contribution in [2.24, 2.45) is 0 Å². The maximum absolute atomic E-state index is 11.5. The zero-order valence-electron chi connectivity index (χ0n) is 12.4. The predicted octanol–water partition coefficient (Wildman–Crippen LogP) is 2.07. The van der Waals surface area contributed by atoms with Gasteiger partial charge >= 0.3 is 16.9 Å². The average Bonchev–Trinajstić information content (AvgIpc) is 2.35. The lowest BCUT2D eigenvalue weighted by Gasteiger charge is -2.07. The van der Waals surface area contributed by atoms with E-state index in [1.807, 2.05) is 37.9 Å². The quantitative estimate of drug-likeness (QED) is 0.668. The topological polar surface area (TPSA) is 109 Å². The van der Waals surface area contributed by atoms with Gasteiger partial charge in [-0.05, 0) is 43.5 Å². The zero-order chi connectivity index (χ0) is 16.4. The third-order valence-electron chi connectivity index (χ3n) is 3.28. The molecular weight excluding hydrogens is 286 g/mol. The maximum Gasteiger partial charge on any atom is 0.357 e. The van der Waals surface area contributed by atoms with Crippen LogP contribution >= 0.6 is 0 Å². The lowest BCUT2D eigenvalue weighted by atomic mass is 9.99. The standard InChI is InChI=1S/C15H15N3O4/c1-8-6-9(2)11(10(3)7-8)4-5-12-13(18(21)22)14(19)17-15(20)16-12/h4-7H,1-3H3,(H2,16,17,19,20). The van der Waals surface area contributed by atoms with Crippen molar-refractivity contribution < 1.29 is 4.92 Å². The first kappa shape index (κ1) is 15.4. The van der Waals surface area contributed by atoms with E-state index in [0.29, 0.717) is 0 Å². The van der Waals surface area contributed by atoms with Crippen LogP contribution in [-0.2, 0) is 0 Å². The minimum Gasteiger partial charge on any atom is -0.301 e. The molecule has 1 heterocycles. The number of nitrogens with zero attached hydrogens (tertiary/aromatic N) is 1. The summed E-state index contributed by atoms with van der Waals surface area (Å²) in [6.45, 7) is 5.83. The van der Waals surface area contributed by atoms with E-state index in [-0.39, 0.29) is 5.69 Å². The molecule has 0 spiro atoms. The van der Waals surface area contributed by atoms with Gasteiger partial charge in [-0.1, -0.05) is 23.8 Å². The van der Waals surface area contributed by atoms with Gasteiger partial charge in [0.15, 0.2) is 0 Å². The molecule has 0 unspecified atom stereocenters. The van der Waals surface area contributed by atoms with Crippen LogP contribution in [0, 0.1) is 30.9 Å². The zero-order valence-corrected chi connectivity index (χ0v) is 12.4. The van der Waals surface area contributed by atoms with Crippen molar-refractivity contribution in [3.05, 3.63) is 71.0 Å². The summed E-state index contributed by atoms with van der Waals surface area (Å²) in [5.41, 5.74) is 1.39. The number of nitro groups is 1. The summed E-state index contributed by atoms with van der Waals surface area (Å²) in [5, 5.41) is 11.0. The van der Waals surface area contributed by atoms with Gasteiger partial charge in [-0.2, -0.15) is 0 Å². The van der Waals surface area contributed by atoms with E-state index in [2.05, 4.69) is 4.98 Å². The van der Waals surface area contributed by atoms with Gasteiger partial charge < -0.3 is 4.98 Å². The third-order valence-corrected chi connectivity index (χ3v) is 3.28. The molecule has 2 aromatic rings. The second-order valence-electron chi connectivity index (χ2n) is 5.07. The Kier molecular flexibility index (Phi) is 4.07. The molecule has 2 N–H and O–H groups in total. The summed E-state index contributed by atoms with van der Waals surface area (Å²) < 4.78 is 0. The number of rotatable bonds is 3. The number of aromatic nitrogens is 2. The van der Waals surface area contributed by atoms with E-state index >= 15 is 0 Å². The predicted molar refractivity (Wildman–Crippen MR) is 83.9 cm³/mol. The van der Waals surface area contributed by atoms with Crippen LogP contribution in [0.2, 0.25) is 0 Å². The number of aromatic amines is 2. The largest absolute Gasteiger partial charge is 0.357 e. The van der Waals surface area contributed by atoms with E-state index in [9.17, 15) is 19.7 Å². The summed E-state index contributed by atoms with van der Waals surface area (Å²) in [5.74, 6) is 0. The molecule has 0 saturated heterocycles. The molecule has 0 atom stereocenters. The van der Waals surface area contributed by atoms with Gasteiger partial charge in [0.25, 0.3) is 0 Å². The molecule has 22 heavy (non-hydrogen) atoms. The number of H-pyrrole nitrogens is 2. The van der Waals surface area contributed by atoms with E-state index in [4.69, 9.17) is 0 Å². The normalized spacial score (nSPS) is 11.0. The van der Waals surface area contributed by atoms with Gasteiger partial charge in [-0.25, -0.2) is 4.79 Å². The maximum atomic E-state index is 11.5. The average molecular weight is 301 g/mol. The number of hydrogen-bond donors (Lipinski definition) is 2. The molecule has 0 aliphatic rings. The van der Waals surface area contributed by atoms with Gasteiger partial charge in [0.2, 0.25) is 0 Å². The molecule has 0 radical (unpaired) electrons. The highest BCUT2D eigenvalue weighted by molar-refractivity contribution is 5.74. The Morgan fingerprint density at radius 3 is 2.18 bits per heavy atom. The van der Waals surface area contributed by atoms with Crippen molar-refractivity contribution >= 4 is 17.8 Å². The second-order valence-corrected chi connectivity index (χ2v) is 5.07. The van der Waals surface area contributed by atoms with Crippen LogP contribution in [0.3, 0.4) is 0 Å². The molecular formula is C15H15N3O4. The number of benzene rings is 1. The van der Waals surface area contributed by atoms with Gasteiger partial charge in [0.05, 0.1) is 4.92 Å². The van der Waals surface area contributed by atoms with Crippen molar-refractivity contribution in [3.8, 4) is 0 Å². The smallest absolute Gasteiger partial charge is 0.301 e. The van der Waals surface area contributed by atoms with Crippen LogP contribution in [0.5, 0.6) is 0 Å². The second kappa shape index (κ2) is 5.80. The minimum atomic E-state index is -1.02. The van der Waals surface area contributed by atoms with Crippen molar-refractivity contribution in [1.29, 1.82) is 0 Å². The first-order valence-electron chi connectivity index (χ1n) is 6.56. The van der Waals surface area contributed by atoms with Crippen molar-refractivity contribution in [2.45, 2.75) is 20.8 Å². The Morgan fingerprint density at radius 1 is 1.05 bits per heavy atom. The Balaban J connectivity index is 2.59. The van der Waals surface area contributed by atoms with Crippen molar-refractivity contribution in [1.82, 2.24) is 9.97 Å². The molecule has 7 nitrogen and oxygen atoms in total. The van der Waals surface area contributed by atoms with Crippen LogP contribution in [0.15, 0.2) is 21.7 Å². The molecule has 0 saturated carbocycles. The summed E-state index contributed by atoms with van der Waals surface area (Å²) in [6, 6.07) is 3.98. The fraction of sp³-hybridized carbons (Fsp3) is 0.200. The molecule has 0 fully saturated rings. The monoisotopic (exact) mass is 301 g/mol. The fourth-order valence-electron chi connectivity index (χ4n) is 2.42. The molecule has 0 aliphatic carbocycles. The Hall–Kier alpha value is -2.96. The van der Waals surface area contributed by atoms with Crippen molar-refractivity contribution in [3.63, 3.8) is 0 Å². The van der Waals surface area contributed by atoms with Crippen LogP contribution in [0.1, 0.15) is 27.9 Å². The van der Waals surface area contributed by atoms with Crippen molar-refractivity contribution in [2.75, 3.05) is 0 Å². The molecule has 0 aliphatic heterocycles. The van der Waals surface area contributed by atoms with Gasteiger partial charge in [0, 0.05) is 0 Å². The molecule has 114 valence electrons. The fourth-order valence-corrected chi connectivity index (χ4v) is 2.42. The van der Waals surface area contributed by atoms with Gasteiger partial charge in [-0.3, -0.25) is 19.9 Å². The van der Waals surface area contributed by atoms with E-state index < -0.39 is 21.9 Å². The van der Waals surface area contributed by atoms with E-state index in [0.717, 1.165) is 22.3 Å². The molecule has 2 rings (SSSR count). The Bertz CT molecular complexity index is 867. The minimum absolute atomic E-state index is 0.127. The van der Waals surface area contributed by atoms with Gasteiger partial charge in [0.1, 0.15) is 5.69 Å². The first-order chi connectivity index (χ1) is 10.3. The molecule has 1 aromatic carbocycles. The molecule has 7 heteroatoms. The first-order valence-corrected chi connectivity index (χ1v) is 6.56. The van der Waals surface area contributed by atoms with Crippen LogP contribution in [0.4, 0.5) is 5.69 Å². The molecule has 0 amide bonds. The number of hydrogen-bond acceptors (Lipinski definition) is 4. The highest BCUT2D eigenvalue weighted by Crippen LogP contribution is 2.20. The third kappa shape index (κ3) is 3.03. The van der Waals surface area contributed by atoms with Crippen LogP contribution in [-0.4, -0.2) is 14.9 Å². The van der Waals surface area contributed by atoms with Crippen LogP contribution < -0.4 is 11.2 Å². The van der Waals surface area contributed by atoms with E-state index in [1.165, 1.54) is 6.08 Å². The highest BCUT2D eigenvalue weighted by atomic mass is 16.6. The molecule has 0 bridgehead atoms.